The summed E-state index contributed by atoms with van der Waals surface area (Å²) in [6, 6.07) is 5.69. The Morgan fingerprint density at radius 3 is 3.04 bits per heavy atom. The van der Waals surface area contributed by atoms with Crippen LogP contribution in [0.5, 0.6) is 5.75 Å². The van der Waals surface area contributed by atoms with Crippen LogP contribution in [0, 0.1) is 6.92 Å². The molecule has 1 fully saturated rings. The summed E-state index contributed by atoms with van der Waals surface area (Å²) in [4.78, 5) is 27.1. The number of hydrogen-bond acceptors (Lipinski definition) is 4. The average molecular weight is 336 g/mol. The number of aromatic nitrogens is 3. The molecular weight excluding hydrogens is 316 g/mol. The highest BCUT2D eigenvalue weighted by atomic mass is 16.5. The number of aryl methyl sites for hydroxylation is 1. The first-order valence-electron chi connectivity index (χ1n) is 8.42. The maximum Gasteiger partial charge on any atom is 0.256 e. The summed E-state index contributed by atoms with van der Waals surface area (Å²) in [7, 11) is 1.63. The monoisotopic (exact) mass is 336 g/mol. The molecule has 25 heavy (non-hydrogen) atoms. The van der Waals surface area contributed by atoms with Crippen LogP contribution in [0.3, 0.4) is 0 Å². The van der Waals surface area contributed by atoms with Crippen molar-refractivity contribution in [1.29, 1.82) is 0 Å². The highest BCUT2D eigenvalue weighted by Crippen LogP contribution is 2.33. The van der Waals surface area contributed by atoms with E-state index in [4.69, 9.17) is 4.74 Å². The van der Waals surface area contributed by atoms with Crippen molar-refractivity contribution >= 4 is 16.8 Å². The van der Waals surface area contributed by atoms with Gasteiger partial charge in [-0.2, -0.15) is 0 Å². The molecule has 3 heterocycles. The molecule has 2 aromatic heterocycles. The van der Waals surface area contributed by atoms with Crippen molar-refractivity contribution in [2.75, 3.05) is 13.7 Å². The summed E-state index contributed by atoms with van der Waals surface area (Å²) in [6.07, 6.45) is 7.16. The Morgan fingerprint density at radius 2 is 2.24 bits per heavy atom. The van der Waals surface area contributed by atoms with Crippen LogP contribution in [0.15, 0.2) is 36.8 Å². The predicted octanol–water partition coefficient (Wildman–Crippen LogP) is 3.25. The Kier molecular flexibility index (Phi) is 3.87. The Hall–Kier alpha value is -2.89. The van der Waals surface area contributed by atoms with Crippen molar-refractivity contribution in [3.63, 3.8) is 0 Å². The van der Waals surface area contributed by atoms with Gasteiger partial charge in [-0.3, -0.25) is 14.8 Å². The molecule has 1 aromatic carbocycles. The SMILES string of the molecule is COc1ccc2[nH]cc(C(=O)N3CCC[C@@H]3c3cncc(C)n3)c2c1. The van der Waals surface area contributed by atoms with Crippen LogP contribution in [0.25, 0.3) is 10.9 Å². The fraction of sp³-hybridized carbons (Fsp3) is 0.316. The highest BCUT2D eigenvalue weighted by Gasteiger charge is 2.32. The lowest BCUT2D eigenvalue weighted by Gasteiger charge is -2.24. The van der Waals surface area contributed by atoms with Gasteiger partial charge in [0.25, 0.3) is 5.91 Å². The van der Waals surface area contributed by atoms with Crippen LogP contribution in [-0.4, -0.2) is 39.4 Å². The molecule has 0 radical (unpaired) electrons. The van der Waals surface area contributed by atoms with Gasteiger partial charge in [0.1, 0.15) is 5.75 Å². The quantitative estimate of drug-likeness (QED) is 0.797. The lowest BCUT2D eigenvalue weighted by Crippen LogP contribution is -2.31. The van der Waals surface area contributed by atoms with Crippen molar-refractivity contribution in [1.82, 2.24) is 19.9 Å². The van der Waals surface area contributed by atoms with E-state index < -0.39 is 0 Å². The van der Waals surface area contributed by atoms with Gasteiger partial charge in [-0.15, -0.1) is 0 Å². The molecule has 1 N–H and O–H groups in total. The zero-order chi connectivity index (χ0) is 17.4. The van der Waals surface area contributed by atoms with Gasteiger partial charge >= 0.3 is 0 Å². The standard InChI is InChI=1S/C19H20N4O2/c1-12-9-20-11-17(22-12)18-4-3-7-23(18)19(24)15-10-21-16-6-5-13(25-2)8-14(15)16/h5-6,8-11,18,21H,3-4,7H2,1-2H3/t18-/m1/s1. The first kappa shape index (κ1) is 15.6. The number of nitrogens with one attached hydrogen (secondary N) is 1. The highest BCUT2D eigenvalue weighted by molar-refractivity contribution is 6.07. The van der Waals surface area contributed by atoms with E-state index >= 15 is 0 Å². The molecule has 1 aliphatic rings. The van der Waals surface area contributed by atoms with E-state index in [1.165, 1.54) is 0 Å². The third kappa shape index (κ3) is 2.73. The van der Waals surface area contributed by atoms with Gasteiger partial charge in [0, 0.05) is 29.8 Å². The van der Waals surface area contributed by atoms with E-state index in [9.17, 15) is 4.79 Å². The molecule has 128 valence electrons. The first-order valence-corrected chi connectivity index (χ1v) is 8.42. The van der Waals surface area contributed by atoms with Crippen molar-refractivity contribution in [2.45, 2.75) is 25.8 Å². The lowest BCUT2D eigenvalue weighted by atomic mass is 10.1. The number of nitrogens with zero attached hydrogens (tertiary/aromatic N) is 3. The number of ether oxygens (including phenoxy) is 1. The maximum atomic E-state index is 13.2. The number of H-pyrrole nitrogens is 1. The summed E-state index contributed by atoms with van der Waals surface area (Å²) < 4.78 is 5.30. The molecule has 3 aromatic rings. The summed E-state index contributed by atoms with van der Waals surface area (Å²) in [5.41, 5.74) is 3.33. The molecule has 1 saturated heterocycles. The zero-order valence-electron chi connectivity index (χ0n) is 14.3. The van der Waals surface area contributed by atoms with Crippen LogP contribution in [0.2, 0.25) is 0 Å². The summed E-state index contributed by atoms with van der Waals surface area (Å²) in [6.45, 7) is 2.65. The second kappa shape index (κ2) is 6.20. The molecule has 0 unspecified atom stereocenters. The summed E-state index contributed by atoms with van der Waals surface area (Å²) in [5, 5.41) is 0.880. The van der Waals surface area contributed by atoms with Gasteiger partial charge in [0.05, 0.1) is 36.3 Å². The van der Waals surface area contributed by atoms with Gasteiger partial charge in [-0.1, -0.05) is 0 Å². The van der Waals surface area contributed by atoms with Gasteiger partial charge in [0.15, 0.2) is 0 Å². The molecule has 6 heteroatoms. The molecular formula is C19H20N4O2. The molecule has 0 bridgehead atoms. The second-order valence-electron chi connectivity index (χ2n) is 6.36. The summed E-state index contributed by atoms with van der Waals surface area (Å²) in [5.74, 6) is 0.758. The molecule has 6 nitrogen and oxygen atoms in total. The predicted molar refractivity (Wildman–Crippen MR) is 94.6 cm³/mol. The second-order valence-corrected chi connectivity index (χ2v) is 6.36. The van der Waals surface area contributed by atoms with Crippen LogP contribution in [-0.2, 0) is 0 Å². The average Bonchev–Trinajstić information content (AvgIpc) is 3.27. The van der Waals surface area contributed by atoms with E-state index in [1.54, 1.807) is 25.7 Å². The fourth-order valence-electron chi connectivity index (χ4n) is 3.52. The molecule has 0 aliphatic carbocycles. The van der Waals surface area contributed by atoms with Gasteiger partial charge < -0.3 is 14.6 Å². The smallest absolute Gasteiger partial charge is 0.256 e. The van der Waals surface area contributed by atoms with Gasteiger partial charge in [-0.05, 0) is 38.0 Å². The normalized spacial score (nSPS) is 17.2. The largest absolute Gasteiger partial charge is 0.497 e. The number of rotatable bonds is 3. The maximum absolute atomic E-state index is 13.2. The van der Waals surface area contributed by atoms with E-state index in [1.807, 2.05) is 30.0 Å². The number of amides is 1. The van der Waals surface area contributed by atoms with Crippen molar-refractivity contribution in [2.24, 2.45) is 0 Å². The van der Waals surface area contributed by atoms with Crippen LogP contribution in [0.1, 0.15) is 40.6 Å². The number of fused-ring (bicyclic) bond motifs is 1. The number of likely N-dealkylation sites (tertiary alicyclic amines) is 1. The van der Waals surface area contributed by atoms with Crippen molar-refractivity contribution in [3.05, 3.63) is 53.7 Å². The fourth-order valence-corrected chi connectivity index (χ4v) is 3.52. The van der Waals surface area contributed by atoms with Crippen molar-refractivity contribution in [3.8, 4) is 5.75 Å². The van der Waals surface area contributed by atoms with Crippen molar-refractivity contribution < 1.29 is 9.53 Å². The lowest BCUT2D eigenvalue weighted by molar-refractivity contribution is 0.0734. The number of benzene rings is 1. The minimum absolute atomic E-state index is 0.0181. The number of hydrogen-bond donors (Lipinski definition) is 1. The Bertz CT molecular complexity index is 934. The van der Waals surface area contributed by atoms with Crippen LogP contribution >= 0.6 is 0 Å². The Labute approximate surface area is 145 Å². The third-order valence-electron chi connectivity index (χ3n) is 4.75. The molecule has 4 rings (SSSR count). The van der Waals surface area contributed by atoms with Gasteiger partial charge in [-0.25, -0.2) is 0 Å². The van der Waals surface area contributed by atoms with Crippen LogP contribution < -0.4 is 4.74 Å². The third-order valence-corrected chi connectivity index (χ3v) is 4.75. The molecule has 1 atom stereocenters. The van der Waals surface area contributed by atoms with Gasteiger partial charge in [0.2, 0.25) is 0 Å². The van der Waals surface area contributed by atoms with E-state index in [0.717, 1.165) is 47.4 Å². The molecule has 1 aliphatic heterocycles. The Balaban J connectivity index is 1.70. The number of methoxy groups -OCH3 is 1. The molecule has 1 amide bonds. The number of carbonyl (C=O) groups is 1. The minimum atomic E-state index is -0.0181. The minimum Gasteiger partial charge on any atom is -0.497 e. The Morgan fingerprint density at radius 1 is 1.36 bits per heavy atom. The number of carbonyl (C=O) groups excluding carboxylic acids is 1. The summed E-state index contributed by atoms with van der Waals surface area (Å²) >= 11 is 0. The zero-order valence-corrected chi connectivity index (χ0v) is 14.3. The molecule has 0 saturated carbocycles. The van der Waals surface area contributed by atoms with E-state index in [0.29, 0.717) is 5.56 Å². The van der Waals surface area contributed by atoms with E-state index in [-0.39, 0.29) is 11.9 Å². The molecule has 0 spiro atoms. The van der Waals surface area contributed by atoms with Crippen LogP contribution in [0.4, 0.5) is 0 Å². The number of aromatic amines is 1. The topological polar surface area (TPSA) is 71.1 Å². The van der Waals surface area contributed by atoms with E-state index in [2.05, 4.69) is 15.0 Å². The first-order chi connectivity index (χ1) is 12.2.